The SMILES string of the molecule is CCOC(=O)c1ccc(S(=O)(=O)NCCOc2ccccc2)cc1. The fraction of sp³-hybridized carbons (Fsp3) is 0.235. The Morgan fingerprint density at radius 2 is 1.71 bits per heavy atom. The first-order chi connectivity index (χ1) is 11.5. The summed E-state index contributed by atoms with van der Waals surface area (Å²) in [5, 5.41) is 0. The van der Waals surface area contributed by atoms with Crippen molar-refractivity contribution in [3.63, 3.8) is 0 Å². The molecule has 0 amide bonds. The van der Waals surface area contributed by atoms with E-state index in [1.165, 1.54) is 24.3 Å². The molecule has 0 aliphatic carbocycles. The summed E-state index contributed by atoms with van der Waals surface area (Å²) in [6, 6.07) is 14.7. The lowest BCUT2D eigenvalue weighted by Crippen LogP contribution is -2.28. The first-order valence-electron chi connectivity index (χ1n) is 7.47. The maximum Gasteiger partial charge on any atom is 0.338 e. The number of para-hydroxylation sites is 1. The van der Waals surface area contributed by atoms with Gasteiger partial charge in [-0.1, -0.05) is 18.2 Å². The van der Waals surface area contributed by atoms with E-state index >= 15 is 0 Å². The van der Waals surface area contributed by atoms with Crippen LogP contribution in [0.1, 0.15) is 17.3 Å². The van der Waals surface area contributed by atoms with Gasteiger partial charge in [-0.2, -0.15) is 0 Å². The number of carbonyl (C=O) groups is 1. The Balaban J connectivity index is 1.89. The van der Waals surface area contributed by atoms with Gasteiger partial charge in [-0.25, -0.2) is 17.9 Å². The van der Waals surface area contributed by atoms with Crippen molar-refractivity contribution < 1.29 is 22.7 Å². The zero-order chi connectivity index (χ0) is 17.4. The van der Waals surface area contributed by atoms with E-state index in [9.17, 15) is 13.2 Å². The minimum atomic E-state index is -3.65. The number of nitrogens with one attached hydrogen (secondary N) is 1. The molecule has 0 spiro atoms. The van der Waals surface area contributed by atoms with Gasteiger partial charge in [0.1, 0.15) is 12.4 Å². The van der Waals surface area contributed by atoms with E-state index in [0.29, 0.717) is 11.3 Å². The number of ether oxygens (including phenoxy) is 2. The quantitative estimate of drug-likeness (QED) is 0.584. The van der Waals surface area contributed by atoms with Crippen LogP contribution in [0.15, 0.2) is 59.5 Å². The Hall–Kier alpha value is -2.38. The number of sulfonamides is 1. The molecule has 0 aromatic heterocycles. The molecule has 0 saturated carbocycles. The molecular weight excluding hydrogens is 330 g/mol. The van der Waals surface area contributed by atoms with Gasteiger partial charge in [0.05, 0.1) is 17.1 Å². The highest BCUT2D eigenvalue weighted by molar-refractivity contribution is 7.89. The third-order valence-electron chi connectivity index (χ3n) is 3.08. The van der Waals surface area contributed by atoms with Gasteiger partial charge in [0, 0.05) is 6.54 Å². The molecule has 0 aliphatic rings. The van der Waals surface area contributed by atoms with Crippen molar-refractivity contribution in [2.75, 3.05) is 19.8 Å². The summed E-state index contributed by atoms with van der Waals surface area (Å²) in [6.07, 6.45) is 0. The predicted octanol–water partition coefficient (Wildman–Crippen LogP) is 2.22. The standard InChI is InChI=1S/C17H19NO5S/c1-2-22-17(19)14-8-10-16(11-9-14)24(20,21)18-12-13-23-15-6-4-3-5-7-15/h3-11,18H,2,12-13H2,1H3. The molecule has 128 valence electrons. The minimum absolute atomic E-state index is 0.0789. The summed E-state index contributed by atoms with van der Waals surface area (Å²) in [5.74, 6) is 0.196. The zero-order valence-corrected chi connectivity index (χ0v) is 14.1. The summed E-state index contributed by atoms with van der Waals surface area (Å²) < 4.78 is 37.1. The number of hydrogen-bond donors (Lipinski definition) is 1. The zero-order valence-electron chi connectivity index (χ0n) is 13.3. The number of benzene rings is 2. The molecule has 24 heavy (non-hydrogen) atoms. The van der Waals surface area contributed by atoms with Gasteiger partial charge >= 0.3 is 5.97 Å². The molecule has 7 heteroatoms. The van der Waals surface area contributed by atoms with Crippen LogP contribution in [0, 0.1) is 0 Å². The van der Waals surface area contributed by atoms with Crippen LogP contribution in [0.2, 0.25) is 0 Å². The Bertz CT molecular complexity index is 757. The summed E-state index contributed by atoms with van der Waals surface area (Å²) in [6.45, 7) is 2.32. The van der Waals surface area contributed by atoms with E-state index in [0.717, 1.165) is 0 Å². The van der Waals surface area contributed by atoms with Gasteiger partial charge < -0.3 is 9.47 Å². The molecule has 0 fully saturated rings. The normalized spacial score (nSPS) is 11.0. The van der Waals surface area contributed by atoms with Crippen LogP contribution in [0.5, 0.6) is 5.75 Å². The van der Waals surface area contributed by atoms with Crippen LogP contribution in [-0.4, -0.2) is 34.1 Å². The highest BCUT2D eigenvalue weighted by Gasteiger charge is 2.14. The second-order valence-corrected chi connectivity index (χ2v) is 6.57. The van der Waals surface area contributed by atoms with Crippen LogP contribution in [0.3, 0.4) is 0 Å². The van der Waals surface area contributed by atoms with E-state index in [2.05, 4.69) is 4.72 Å². The average Bonchev–Trinajstić information content (AvgIpc) is 2.60. The average molecular weight is 349 g/mol. The number of carbonyl (C=O) groups excluding carboxylic acids is 1. The van der Waals surface area contributed by atoms with Gasteiger partial charge in [-0.15, -0.1) is 0 Å². The second kappa shape index (κ2) is 8.47. The maximum atomic E-state index is 12.2. The number of hydrogen-bond acceptors (Lipinski definition) is 5. The topological polar surface area (TPSA) is 81.7 Å². The van der Waals surface area contributed by atoms with Crippen molar-refractivity contribution in [3.05, 3.63) is 60.2 Å². The fourth-order valence-electron chi connectivity index (χ4n) is 1.93. The second-order valence-electron chi connectivity index (χ2n) is 4.80. The molecule has 0 unspecified atom stereocenters. The van der Waals surface area contributed by atoms with Gasteiger partial charge in [0.2, 0.25) is 10.0 Å². The molecule has 0 radical (unpaired) electrons. The predicted molar refractivity (Wildman–Crippen MR) is 89.5 cm³/mol. The monoisotopic (exact) mass is 349 g/mol. The van der Waals surface area contributed by atoms with Crippen molar-refractivity contribution in [2.45, 2.75) is 11.8 Å². The van der Waals surface area contributed by atoms with Crippen LogP contribution in [-0.2, 0) is 14.8 Å². The highest BCUT2D eigenvalue weighted by atomic mass is 32.2. The van der Waals surface area contributed by atoms with Crippen molar-refractivity contribution >= 4 is 16.0 Å². The minimum Gasteiger partial charge on any atom is -0.492 e. The molecule has 0 aliphatic heterocycles. The summed E-state index contributed by atoms with van der Waals surface area (Å²) in [5.41, 5.74) is 0.309. The molecule has 1 N–H and O–H groups in total. The molecule has 2 rings (SSSR count). The first kappa shape index (κ1) is 18.0. The molecular formula is C17H19NO5S. The lowest BCUT2D eigenvalue weighted by molar-refractivity contribution is 0.0526. The fourth-order valence-corrected chi connectivity index (χ4v) is 2.94. The summed E-state index contributed by atoms with van der Waals surface area (Å²) in [7, 11) is -3.65. The van der Waals surface area contributed by atoms with E-state index in [1.807, 2.05) is 18.2 Å². The molecule has 2 aromatic carbocycles. The van der Waals surface area contributed by atoms with E-state index in [4.69, 9.17) is 9.47 Å². The van der Waals surface area contributed by atoms with Crippen molar-refractivity contribution in [1.29, 1.82) is 0 Å². The lowest BCUT2D eigenvalue weighted by Gasteiger charge is -2.09. The van der Waals surface area contributed by atoms with Crippen LogP contribution < -0.4 is 9.46 Å². The molecule has 2 aromatic rings. The van der Waals surface area contributed by atoms with Gasteiger partial charge in [0.15, 0.2) is 0 Å². The van der Waals surface area contributed by atoms with Crippen molar-refractivity contribution in [1.82, 2.24) is 4.72 Å². The van der Waals surface area contributed by atoms with Gasteiger partial charge in [-0.3, -0.25) is 0 Å². The van der Waals surface area contributed by atoms with Crippen LogP contribution in [0.4, 0.5) is 0 Å². The summed E-state index contributed by atoms with van der Waals surface area (Å²) in [4.78, 5) is 11.6. The van der Waals surface area contributed by atoms with E-state index in [1.54, 1.807) is 19.1 Å². The van der Waals surface area contributed by atoms with Crippen molar-refractivity contribution in [2.24, 2.45) is 0 Å². The highest BCUT2D eigenvalue weighted by Crippen LogP contribution is 2.12. The first-order valence-corrected chi connectivity index (χ1v) is 8.96. The van der Waals surface area contributed by atoms with E-state index in [-0.39, 0.29) is 24.7 Å². The van der Waals surface area contributed by atoms with Gasteiger partial charge in [0.25, 0.3) is 0 Å². The third-order valence-corrected chi connectivity index (χ3v) is 4.56. The van der Waals surface area contributed by atoms with Crippen LogP contribution >= 0.6 is 0 Å². The number of rotatable bonds is 8. The Kier molecular flexibility index (Phi) is 6.34. The largest absolute Gasteiger partial charge is 0.492 e. The summed E-state index contributed by atoms with van der Waals surface area (Å²) >= 11 is 0. The van der Waals surface area contributed by atoms with Gasteiger partial charge in [-0.05, 0) is 43.3 Å². The number of esters is 1. The Morgan fingerprint density at radius 1 is 1.04 bits per heavy atom. The molecule has 0 heterocycles. The molecule has 6 nitrogen and oxygen atoms in total. The van der Waals surface area contributed by atoms with Crippen molar-refractivity contribution in [3.8, 4) is 5.75 Å². The molecule has 0 atom stereocenters. The Labute approximate surface area is 141 Å². The third kappa shape index (κ3) is 5.07. The maximum absolute atomic E-state index is 12.2. The van der Waals surface area contributed by atoms with Crippen LogP contribution in [0.25, 0.3) is 0 Å². The lowest BCUT2D eigenvalue weighted by atomic mass is 10.2. The molecule has 0 saturated heterocycles. The smallest absolute Gasteiger partial charge is 0.338 e. The molecule has 0 bridgehead atoms. The van der Waals surface area contributed by atoms with E-state index < -0.39 is 16.0 Å². The Morgan fingerprint density at radius 3 is 2.33 bits per heavy atom.